The maximum Gasteiger partial charge on any atom is 0.329 e. The lowest BCUT2D eigenvalue weighted by molar-refractivity contribution is -0.149. The van der Waals surface area contributed by atoms with E-state index in [0.717, 1.165) is 41.4 Å². The third kappa shape index (κ3) is 2.96. The minimum Gasteiger partial charge on any atom is -0.480 e. The zero-order valence-corrected chi connectivity index (χ0v) is 13.3. The fourth-order valence-electron chi connectivity index (χ4n) is 3.58. The Balaban J connectivity index is 1.80. The van der Waals surface area contributed by atoms with E-state index in [2.05, 4.69) is 10.3 Å². The number of amides is 1. The van der Waals surface area contributed by atoms with Crippen LogP contribution in [-0.4, -0.2) is 27.5 Å². The number of carbonyl (C=O) groups excluding carboxylic acids is 1. The van der Waals surface area contributed by atoms with Crippen LogP contribution in [0.5, 0.6) is 0 Å². The number of H-pyrrole nitrogens is 1. The van der Waals surface area contributed by atoms with E-state index in [1.54, 1.807) is 0 Å². The van der Waals surface area contributed by atoms with Gasteiger partial charge in [0, 0.05) is 16.6 Å². The molecule has 0 radical (unpaired) electrons. The predicted octanol–water partition coefficient (Wildman–Crippen LogP) is 2.92. The van der Waals surface area contributed by atoms with Crippen molar-refractivity contribution in [2.45, 2.75) is 51.0 Å². The molecule has 3 rings (SSSR count). The number of hydrogen-bond donors (Lipinski definition) is 3. The van der Waals surface area contributed by atoms with Crippen molar-refractivity contribution in [3.05, 3.63) is 35.5 Å². The van der Waals surface area contributed by atoms with Gasteiger partial charge < -0.3 is 15.4 Å². The molecule has 0 aliphatic heterocycles. The molecular formula is C18H22N2O3. The molecule has 0 spiro atoms. The SMILES string of the molecule is Cc1[nH]c2ccccc2c1CC(=O)NC1(C(=O)O)CCCCC1. The molecule has 1 amide bonds. The van der Waals surface area contributed by atoms with E-state index in [-0.39, 0.29) is 12.3 Å². The minimum absolute atomic E-state index is 0.199. The molecule has 1 heterocycles. The van der Waals surface area contributed by atoms with Crippen molar-refractivity contribution < 1.29 is 14.7 Å². The Morgan fingerprint density at radius 2 is 1.91 bits per heavy atom. The molecule has 122 valence electrons. The third-order valence-corrected chi connectivity index (χ3v) is 4.86. The summed E-state index contributed by atoms with van der Waals surface area (Å²) >= 11 is 0. The van der Waals surface area contributed by atoms with Crippen molar-refractivity contribution in [1.82, 2.24) is 10.3 Å². The molecule has 0 bridgehead atoms. The number of para-hydroxylation sites is 1. The number of aromatic nitrogens is 1. The molecule has 0 atom stereocenters. The molecule has 1 aromatic heterocycles. The van der Waals surface area contributed by atoms with E-state index in [4.69, 9.17) is 0 Å². The van der Waals surface area contributed by atoms with Crippen LogP contribution in [0.1, 0.15) is 43.4 Å². The van der Waals surface area contributed by atoms with Gasteiger partial charge in [0.25, 0.3) is 0 Å². The average Bonchev–Trinajstić information content (AvgIpc) is 2.84. The molecule has 0 unspecified atom stereocenters. The Morgan fingerprint density at radius 1 is 1.22 bits per heavy atom. The number of carbonyl (C=O) groups is 2. The van der Waals surface area contributed by atoms with E-state index in [9.17, 15) is 14.7 Å². The summed E-state index contributed by atoms with van der Waals surface area (Å²) in [5.41, 5.74) is 1.80. The maximum atomic E-state index is 12.5. The molecule has 2 aromatic rings. The second-order valence-corrected chi connectivity index (χ2v) is 6.45. The number of aliphatic carboxylic acids is 1. The molecule has 1 aliphatic carbocycles. The fraction of sp³-hybridized carbons (Fsp3) is 0.444. The summed E-state index contributed by atoms with van der Waals surface area (Å²) in [4.78, 5) is 27.4. The van der Waals surface area contributed by atoms with Gasteiger partial charge in [0.15, 0.2) is 0 Å². The van der Waals surface area contributed by atoms with Crippen LogP contribution in [-0.2, 0) is 16.0 Å². The Bertz CT molecular complexity index is 742. The molecule has 0 saturated heterocycles. The van der Waals surface area contributed by atoms with Crippen LogP contribution in [0.2, 0.25) is 0 Å². The van der Waals surface area contributed by atoms with Gasteiger partial charge in [0.1, 0.15) is 5.54 Å². The van der Waals surface area contributed by atoms with Crippen LogP contribution in [0, 0.1) is 6.92 Å². The number of hydrogen-bond acceptors (Lipinski definition) is 2. The van der Waals surface area contributed by atoms with E-state index >= 15 is 0 Å². The number of rotatable bonds is 4. The van der Waals surface area contributed by atoms with Crippen LogP contribution in [0.25, 0.3) is 10.9 Å². The monoisotopic (exact) mass is 314 g/mol. The molecule has 3 N–H and O–H groups in total. The molecular weight excluding hydrogens is 292 g/mol. The Morgan fingerprint density at radius 3 is 2.61 bits per heavy atom. The van der Waals surface area contributed by atoms with Gasteiger partial charge in [-0.1, -0.05) is 37.5 Å². The second kappa shape index (κ2) is 6.07. The molecule has 1 saturated carbocycles. The highest BCUT2D eigenvalue weighted by molar-refractivity contribution is 5.92. The fourth-order valence-corrected chi connectivity index (χ4v) is 3.58. The highest BCUT2D eigenvalue weighted by Crippen LogP contribution is 2.29. The number of fused-ring (bicyclic) bond motifs is 1. The van der Waals surface area contributed by atoms with Gasteiger partial charge in [-0.2, -0.15) is 0 Å². The number of nitrogens with one attached hydrogen (secondary N) is 2. The second-order valence-electron chi connectivity index (χ2n) is 6.45. The van der Waals surface area contributed by atoms with Crippen molar-refractivity contribution in [2.75, 3.05) is 0 Å². The maximum absolute atomic E-state index is 12.5. The van der Waals surface area contributed by atoms with Crippen LogP contribution in [0.3, 0.4) is 0 Å². The Kier molecular flexibility index (Phi) is 4.11. The number of carboxylic acids is 1. The van der Waals surface area contributed by atoms with E-state index < -0.39 is 11.5 Å². The summed E-state index contributed by atoms with van der Waals surface area (Å²) in [5.74, 6) is -1.14. The minimum atomic E-state index is -1.09. The van der Waals surface area contributed by atoms with Crippen molar-refractivity contribution in [2.24, 2.45) is 0 Å². The van der Waals surface area contributed by atoms with E-state index in [0.29, 0.717) is 12.8 Å². The van der Waals surface area contributed by atoms with Gasteiger partial charge in [-0.05, 0) is 31.4 Å². The number of aryl methyl sites for hydroxylation is 1. The first kappa shape index (κ1) is 15.6. The molecule has 23 heavy (non-hydrogen) atoms. The number of aromatic amines is 1. The summed E-state index contributed by atoms with van der Waals surface area (Å²) in [7, 11) is 0. The summed E-state index contributed by atoms with van der Waals surface area (Å²) < 4.78 is 0. The Hall–Kier alpha value is -2.30. The molecule has 5 nitrogen and oxygen atoms in total. The first-order chi connectivity index (χ1) is 11.0. The van der Waals surface area contributed by atoms with Gasteiger partial charge in [-0.25, -0.2) is 4.79 Å². The van der Waals surface area contributed by atoms with Crippen LogP contribution < -0.4 is 5.32 Å². The first-order valence-electron chi connectivity index (χ1n) is 8.12. The van der Waals surface area contributed by atoms with Crippen molar-refractivity contribution in [3.63, 3.8) is 0 Å². The van der Waals surface area contributed by atoms with Crippen LogP contribution >= 0.6 is 0 Å². The van der Waals surface area contributed by atoms with Gasteiger partial charge in [0.05, 0.1) is 6.42 Å². The van der Waals surface area contributed by atoms with E-state index in [1.165, 1.54) is 0 Å². The average molecular weight is 314 g/mol. The topological polar surface area (TPSA) is 82.2 Å². The third-order valence-electron chi connectivity index (χ3n) is 4.86. The highest BCUT2D eigenvalue weighted by Gasteiger charge is 2.40. The lowest BCUT2D eigenvalue weighted by Crippen LogP contribution is -2.56. The largest absolute Gasteiger partial charge is 0.480 e. The van der Waals surface area contributed by atoms with Gasteiger partial charge in [-0.15, -0.1) is 0 Å². The Labute approximate surface area is 135 Å². The van der Waals surface area contributed by atoms with Gasteiger partial charge in [0.2, 0.25) is 5.91 Å². The lowest BCUT2D eigenvalue weighted by atomic mass is 9.81. The van der Waals surface area contributed by atoms with Gasteiger partial charge in [-0.3, -0.25) is 4.79 Å². The summed E-state index contributed by atoms with van der Waals surface area (Å²) in [6.07, 6.45) is 3.95. The molecule has 1 aliphatic rings. The molecule has 1 aromatic carbocycles. The van der Waals surface area contributed by atoms with Crippen molar-refractivity contribution in [3.8, 4) is 0 Å². The van der Waals surface area contributed by atoms with E-state index in [1.807, 2.05) is 31.2 Å². The van der Waals surface area contributed by atoms with Crippen LogP contribution in [0.15, 0.2) is 24.3 Å². The number of benzene rings is 1. The van der Waals surface area contributed by atoms with Crippen molar-refractivity contribution in [1.29, 1.82) is 0 Å². The highest BCUT2D eigenvalue weighted by atomic mass is 16.4. The van der Waals surface area contributed by atoms with Gasteiger partial charge >= 0.3 is 5.97 Å². The zero-order valence-electron chi connectivity index (χ0n) is 13.3. The van der Waals surface area contributed by atoms with Crippen LogP contribution in [0.4, 0.5) is 0 Å². The standard InChI is InChI=1S/C18H22N2O3/c1-12-14(13-7-3-4-8-15(13)19-12)11-16(21)20-18(17(22)23)9-5-2-6-10-18/h3-4,7-8,19H,2,5-6,9-11H2,1H3,(H,20,21)(H,22,23). The lowest BCUT2D eigenvalue weighted by Gasteiger charge is -2.34. The van der Waals surface area contributed by atoms with Crippen molar-refractivity contribution >= 4 is 22.8 Å². The predicted molar refractivity (Wildman–Crippen MR) is 88.3 cm³/mol. The molecule has 5 heteroatoms. The summed E-state index contributed by atoms with van der Waals surface area (Å²) in [5, 5.41) is 13.4. The quantitative estimate of drug-likeness (QED) is 0.811. The number of carboxylic acid groups (broad SMARTS) is 1. The smallest absolute Gasteiger partial charge is 0.329 e. The first-order valence-corrected chi connectivity index (χ1v) is 8.12. The summed E-state index contributed by atoms with van der Waals surface area (Å²) in [6, 6.07) is 7.85. The molecule has 1 fully saturated rings. The normalized spacial score (nSPS) is 17.1. The zero-order chi connectivity index (χ0) is 16.4. The summed E-state index contributed by atoms with van der Waals surface area (Å²) in [6.45, 7) is 1.94.